The normalized spacial score (nSPS) is 15.6. The van der Waals surface area contributed by atoms with Crippen molar-refractivity contribution in [2.45, 2.75) is 29.8 Å². The molecular weight excluding hydrogens is 401 g/mol. The van der Waals surface area contributed by atoms with Gasteiger partial charge in [0.25, 0.3) is 0 Å². The molecule has 8 heteroatoms. The van der Waals surface area contributed by atoms with E-state index in [0.29, 0.717) is 52.9 Å². The summed E-state index contributed by atoms with van der Waals surface area (Å²) < 4.78 is 27.6. The lowest BCUT2D eigenvalue weighted by Gasteiger charge is -2.20. The summed E-state index contributed by atoms with van der Waals surface area (Å²) in [7, 11) is 0. The number of nitrogens with zero attached hydrogens (tertiary/aromatic N) is 3. The van der Waals surface area contributed by atoms with Crippen LogP contribution in [0.4, 0.5) is 4.39 Å². The van der Waals surface area contributed by atoms with Crippen LogP contribution in [0.25, 0.3) is 11.4 Å². The van der Waals surface area contributed by atoms with Crippen LogP contribution >= 0.6 is 23.4 Å². The van der Waals surface area contributed by atoms with Crippen molar-refractivity contribution in [1.82, 2.24) is 14.8 Å². The number of benzene rings is 2. The molecule has 144 valence electrons. The minimum atomic E-state index is -0.285. The maximum atomic E-state index is 14.3. The highest BCUT2D eigenvalue weighted by molar-refractivity contribution is 7.98. The van der Waals surface area contributed by atoms with Gasteiger partial charge in [0.15, 0.2) is 22.5 Å². The molecule has 0 spiro atoms. The molecule has 2 aromatic carbocycles. The average Bonchev–Trinajstić information content (AvgIpc) is 3.46. The van der Waals surface area contributed by atoms with E-state index >= 15 is 0 Å². The Labute approximate surface area is 170 Å². The molecule has 2 aliphatic rings. The van der Waals surface area contributed by atoms with Crippen molar-refractivity contribution in [3.63, 3.8) is 0 Å². The molecule has 1 saturated carbocycles. The molecule has 5 nitrogen and oxygen atoms in total. The molecule has 0 saturated heterocycles. The maximum absolute atomic E-state index is 14.3. The Kier molecular flexibility index (Phi) is 4.64. The van der Waals surface area contributed by atoms with Crippen LogP contribution in [0.2, 0.25) is 5.02 Å². The summed E-state index contributed by atoms with van der Waals surface area (Å²) in [5.74, 6) is 2.23. The summed E-state index contributed by atoms with van der Waals surface area (Å²) in [6.45, 7) is 1.02. The number of thioether (sulfide) groups is 1. The minimum absolute atomic E-state index is 0.285. The lowest BCUT2D eigenvalue weighted by atomic mass is 10.2. The van der Waals surface area contributed by atoms with Gasteiger partial charge in [0.1, 0.15) is 19.0 Å². The van der Waals surface area contributed by atoms with Crippen LogP contribution in [0, 0.1) is 5.82 Å². The van der Waals surface area contributed by atoms with Crippen LogP contribution in [0.1, 0.15) is 24.4 Å². The van der Waals surface area contributed by atoms with Gasteiger partial charge in [-0.2, -0.15) is 0 Å². The second-order valence-electron chi connectivity index (χ2n) is 6.78. The van der Waals surface area contributed by atoms with Gasteiger partial charge in [0.2, 0.25) is 0 Å². The Balaban J connectivity index is 1.42. The Morgan fingerprint density at radius 3 is 2.79 bits per heavy atom. The number of hydrogen-bond acceptors (Lipinski definition) is 5. The van der Waals surface area contributed by atoms with Gasteiger partial charge in [-0.1, -0.05) is 35.5 Å². The van der Waals surface area contributed by atoms with Crippen molar-refractivity contribution >= 4 is 23.4 Å². The average molecular weight is 418 g/mol. The van der Waals surface area contributed by atoms with Crippen LogP contribution < -0.4 is 9.47 Å². The molecule has 0 N–H and O–H groups in total. The van der Waals surface area contributed by atoms with E-state index in [1.807, 2.05) is 18.2 Å². The summed E-state index contributed by atoms with van der Waals surface area (Å²) >= 11 is 7.89. The van der Waals surface area contributed by atoms with E-state index < -0.39 is 0 Å². The highest BCUT2D eigenvalue weighted by atomic mass is 35.5. The highest BCUT2D eigenvalue weighted by Gasteiger charge is 2.31. The predicted molar refractivity (Wildman–Crippen MR) is 106 cm³/mol. The molecule has 1 aromatic heterocycles. The standard InChI is InChI=1S/C20H17ClFN3O2S/c21-15-9-12(10-17-18(15)27-8-7-26-17)11-28-20-24-23-19(25(20)13-5-6-13)14-3-1-2-4-16(14)22/h1-4,9-10,13H,5-8,11H2. The summed E-state index contributed by atoms with van der Waals surface area (Å²) in [5, 5.41) is 9.96. The van der Waals surface area contributed by atoms with Crippen LogP contribution in [0.5, 0.6) is 11.5 Å². The molecular formula is C20H17ClFN3O2S. The Bertz CT molecular complexity index is 1040. The van der Waals surface area contributed by atoms with E-state index in [4.69, 9.17) is 21.1 Å². The Hall–Kier alpha value is -2.25. The molecule has 0 atom stereocenters. The monoisotopic (exact) mass is 417 g/mol. The third kappa shape index (κ3) is 3.33. The smallest absolute Gasteiger partial charge is 0.192 e. The molecule has 1 aliphatic carbocycles. The van der Waals surface area contributed by atoms with Crippen LogP contribution in [-0.2, 0) is 5.75 Å². The van der Waals surface area contributed by atoms with Crippen molar-refractivity contribution in [3.8, 4) is 22.9 Å². The van der Waals surface area contributed by atoms with Gasteiger partial charge in [0.05, 0.1) is 10.6 Å². The zero-order chi connectivity index (χ0) is 19.1. The zero-order valence-corrected chi connectivity index (χ0v) is 16.5. The first-order valence-corrected chi connectivity index (χ1v) is 10.5. The third-order valence-electron chi connectivity index (χ3n) is 4.72. The molecule has 2 heterocycles. The zero-order valence-electron chi connectivity index (χ0n) is 14.9. The van der Waals surface area contributed by atoms with E-state index in [1.54, 1.807) is 23.9 Å². The molecule has 28 heavy (non-hydrogen) atoms. The van der Waals surface area contributed by atoms with Crippen LogP contribution in [0.3, 0.4) is 0 Å². The largest absolute Gasteiger partial charge is 0.486 e. The first kappa shape index (κ1) is 17.8. The van der Waals surface area contributed by atoms with Crippen LogP contribution in [-0.4, -0.2) is 28.0 Å². The molecule has 0 unspecified atom stereocenters. The highest BCUT2D eigenvalue weighted by Crippen LogP contribution is 2.43. The fourth-order valence-electron chi connectivity index (χ4n) is 3.26. The number of aromatic nitrogens is 3. The second kappa shape index (κ2) is 7.29. The Morgan fingerprint density at radius 2 is 1.96 bits per heavy atom. The van der Waals surface area contributed by atoms with E-state index in [9.17, 15) is 4.39 Å². The van der Waals surface area contributed by atoms with Gasteiger partial charge in [0, 0.05) is 11.8 Å². The Morgan fingerprint density at radius 1 is 1.14 bits per heavy atom. The van der Waals surface area contributed by atoms with Crippen molar-refractivity contribution in [2.24, 2.45) is 0 Å². The SMILES string of the molecule is Fc1ccccc1-c1nnc(SCc2cc(Cl)c3c(c2)OCCO3)n1C1CC1. The first-order valence-electron chi connectivity index (χ1n) is 9.11. The molecule has 0 bridgehead atoms. The summed E-state index contributed by atoms with van der Waals surface area (Å²) in [6.07, 6.45) is 2.12. The quantitative estimate of drug-likeness (QED) is 0.538. The number of hydrogen-bond donors (Lipinski definition) is 0. The number of ether oxygens (including phenoxy) is 2. The van der Waals surface area contributed by atoms with Gasteiger partial charge >= 0.3 is 0 Å². The van der Waals surface area contributed by atoms with Gasteiger partial charge in [-0.15, -0.1) is 10.2 Å². The fourth-order valence-corrected chi connectivity index (χ4v) is 4.48. The second-order valence-corrected chi connectivity index (χ2v) is 8.13. The molecule has 5 rings (SSSR count). The van der Waals surface area contributed by atoms with Gasteiger partial charge in [-0.05, 0) is 42.7 Å². The number of rotatable bonds is 5. The van der Waals surface area contributed by atoms with E-state index in [-0.39, 0.29) is 5.82 Å². The van der Waals surface area contributed by atoms with E-state index in [1.165, 1.54) is 6.07 Å². The number of fused-ring (bicyclic) bond motifs is 1. The van der Waals surface area contributed by atoms with Crippen molar-refractivity contribution in [1.29, 1.82) is 0 Å². The van der Waals surface area contributed by atoms with Gasteiger partial charge in [-0.3, -0.25) is 4.57 Å². The predicted octanol–water partition coefficient (Wildman–Crippen LogP) is 5.14. The van der Waals surface area contributed by atoms with Gasteiger partial charge < -0.3 is 9.47 Å². The molecule has 1 aliphatic heterocycles. The summed E-state index contributed by atoms with van der Waals surface area (Å²) in [4.78, 5) is 0. The molecule has 0 amide bonds. The molecule has 1 fully saturated rings. The number of halogens is 2. The molecule has 0 radical (unpaired) electrons. The first-order chi connectivity index (χ1) is 13.7. The van der Waals surface area contributed by atoms with E-state index in [0.717, 1.165) is 23.6 Å². The topological polar surface area (TPSA) is 49.2 Å². The van der Waals surface area contributed by atoms with Crippen molar-refractivity contribution in [2.75, 3.05) is 13.2 Å². The maximum Gasteiger partial charge on any atom is 0.192 e. The van der Waals surface area contributed by atoms with E-state index in [2.05, 4.69) is 14.8 Å². The summed E-state index contributed by atoms with van der Waals surface area (Å²) in [6, 6.07) is 10.8. The lowest BCUT2D eigenvalue weighted by molar-refractivity contribution is 0.171. The van der Waals surface area contributed by atoms with Crippen molar-refractivity contribution < 1.29 is 13.9 Å². The minimum Gasteiger partial charge on any atom is -0.486 e. The fraction of sp³-hybridized carbons (Fsp3) is 0.300. The van der Waals surface area contributed by atoms with Gasteiger partial charge in [-0.25, -0.2) is 4.39 Å². The lowest BCUT2D eigenvalue weighted by Crippen LogP contribution is -2.15. The van der Waals surface area contributed by atoms with Crippen LogP contribution in [0.15, 0.2) is 41.6 Å². The molecule has 3 aromatic rings. The third-order valence-corrected chi connectivity index (χ3v) is 6.01. The summed E-state index contributed by atoms with van der Waals surface area (Å²) in [5.41, 5.74) is 1.49. The van der Waals surface area contributed by atoms with Crippen molar-refractivity contribution in [3.05, 3.63) is 52.8 Å².